The fourth-order valence-electron chi connectivity index (χ4n) is 2.40. The van der Waals surface area contributed by atoms with E-state index in [9.17, 15) is 9.59 Å². The summed E-state index contributed by atoms with van der Waals surface area (Å²) in [6.07, 6.45) is 0. The Hall–Kier alpha value is -3.13. The lowest BCUT2D eigenvalue weighted by atomic mass is 10.2. The number of carbonyl (C=O) groups excluding carboxylic acids is 2. The molecular formula is C18H18N4O3S. The molecule has 2 amide bonds. The fraction of sp³-hybridized carbons (Fsp3) is 0.167. The van der Waals surface area contributed by atoms with Crippen molar-refractivity contribution >= 4 is 29.0 Å². The number of rotatable bonds is 6. The molecule has 0 spiro atoms. The Morgan fingerprint density at radius 1 is 1.19 bits per heavy atom. The second kappa shape index (κ2) is 7.83. The molecule has 2 N–H and O–H groups in total. The lowest BCUT2D eigenvalue weighted by Crippen LogP contribution is -2.23. The maximum Gasteiger partial charge on any atom is 0.272 e. The van der Waals surface area contributed by atoms with Gasteiger partial charge in [0.25, 0.3) is 11.8 Å². The summed E-state index contributed by atoms with van der Waals surface area (Å²) < 4.78 is 6.73. The van der Waals surface area contributed by atoms with Crippen molar-refractivity contribution in [1.29, 1.82) is 0 Å². The van der Waals surface area contributed by atoms with E-state index in [-0.39, 0.29) is 17.5 Å². The number of methoxy groups -OCH3 is 1. The van der Waals surface area contributed by atoms with Gasteiger partial charge in [-0.25, -0.2) is 0 Å². The lowest BCUT2D eigenvalue weighted by Gasteiger charge is -2.08. The Labute approximate surface area is 154 Å². The maximum atomic E-state index is 12.4. The number of thiophene rings is 1. The minimum absolute atomic E-state index is 0.226. The Morgan fingerprint density at radius 2 is 2.00 bits per heavy atom. The minimum atomic E-state index is -0.330. The van der Waals surface area contributed by atoms with E-state index in [1.165, 1.54) is 16.0 Å². The first-order chi connectivity index (χ1) is 12.6. The van der Waals surface area contributed by atoms with Crippen LogP contribution in [-0.4, -0.2) is 28.7 Å². The number of hydrogen-bond acceptors (Lipinski definition) is 5. The molecule has 0 radical (unpaired) electrons. The van der Waals surface area contributed by atoms with Crippen LogP contribution in [0.25, 0.3) is 0 Å². The first kappa shape index (κ1) is 17.7. The highest BCUT2D eigenvalue weighted by Crippen LogP contribution is 2.17. The summed E-state index contributed by atoms with van der Waals surface area (Å²) in [5, 5.41) is 11.5. The van der Waals surface area contributed by atoms with Gasteiger partial charge in [-0.15, -0.1) is 11.3 Å². The molecule has 1 aromatic carbocycles. The quantitative estimate of drug-likeness (QED) is 0.699. The third-order valence-electron chi connectivity index (χ3n) is 3.73. The molecular weight excluding hydrogens is 352 g/mol. The summed E-state index contributed by atoms with van der Waals surface area (Å²) in [5.74, 6) is 0.593. The third kappa shape index (κ3) is 3.92. The molecule has 3 rings (SSSR count). The minimum Gasteiger partial charge on any atom is -0.496 e. The molecule has 2 heterocycles. The zero-order valence-electron chi connectivity index (χ0n) is 14.4. The number of hydrogen-bond donors (Lipinski definition) is 2. The second-order valence-electron chi connectivity index (χ2n) is 5.46. The van der Waals surface area contributed by atoms with Crippen LogP contribution in [0.5, 0.6) is 5.75 Å². The van der Waals surface area contributed by atoms with Crippen molar-refractivity contribution in [2.45, 2.75) is 6.54 Å². The molecule has 0 unspecified atom stereocenters. The Kier molecular flexibility index (Phi) is 5.33. The van der Waals surface area contributed by atoms with Crippen molar-refractivity contribution in [2.24, 2.45) is 7.05 Å². The van der Waals surface area contributed by atoms with Crippen LogP contribution in [-0.2, 0) is 13.6 Å². The highest BCUT2D eigenvalue weighted by molar-refractivity contribution is 7.12. The van der Waals surface area contributed by atoms with Crippen LogP contribution in [0.4, 0.5) is 5.82 Å². The SMILES string of the molecule is COc1ccccc1CNC(=O)c1cc(NC(=O)c2cccs2)n(C)n1. The zero-order chi connectivity index (χ0) is 18.5. The van der Waals surface area contributed by atoms with Gasteiger partial charge in [-0.05, 0) is 17.5 Å². The van der Waals surface area contributed by atoms with Gasteiger partial charge in [0.1, 0.15) is 11.6 Å². The van der Waals surface area contributed by atoms with Gasteiger partial charge in [0.15, 0.2) is 5.69 Å². The van der Waals surface area contributed by atoms with Gasteiger partial charge in [-0.2, -0.15) is 5.10 Å². The highest BCUT2D eigenvalue weighted by Gasteiger charge is 2.16. The first-order valence-corrected chi connectivity index (χ1v) is 8.75. The number of amides is 2. The number of anilines is 1. The summed E-state index contributed by atoms with van der Waals surface area (Å²) in [7, 11) is 3.25. The zero-order valence-corrected chi connectivity index (χ0v) is 15.2. The molecule has 3 aromatic rings. The number of nitrogens with one attached hydrogen (secondary N) is 2. The van der Waals surface area contributed by atoms with Gasteiger partial charge in [-0.1, -0.05) is 24.3 Å². The lowest BCUT2D eigenvalue weighted by molar-refractivity contribution is 0.0944. The molecule has 0 aliphatic heterocycles. The fourth-order valence-corrected chi connectivity index (χ4v) is 3.01. The Bertz CT molecular complexity index is 918. The van der Waals surface area contributed by atoms with E-state index in [2.05, 4.69) is 15.7 Å². The van der Waals surface area contributed by atoms with Crippen molar-refractivity contribution in [1.82, 2.24) is 15.1 Å². The maximum absolute atomic E-state index is 12.4. The number of benzene rings is 1. The molecule has 26 heavy (non-hydrogen) atoms. The van der Waals surface area contributed by atoms with E-state index in [0.29, 0.717) is 23.0 Å². The summed E-state index contributed by atoms with van der Waals surface area (Å²) in [6, 6.07) is 12.5. The van der Waals surface area contributed by atoms with Gasteiger partial charge in [-0.3, -0.25) is 14.3 Å². The van der Waals surface area contributed by atoms with Crippen LogP contribution in [0.1, 0.15) is 25.7 Å². The van der Waals surface area contributed by atoms with Crippen molar-refractivity contribution in [2.75, 3.05) is 12.4 Å². The molecule has 8 heteroatoms. The Balaban J connectivity index is 1.66. The van der Waals surface area contributed by atoms with Crippen molar-refractivity contribution in [3.63, 3.8) is 0 Å². The molecule has 0 fully saturated rings. The number of aryl methyl sites for hydroxylation is 1. The topological polar surface area (TPSA) is 85.3 Å². The van der Waals surface area contributed by atoms with Crippen LogP contribution in [0, 0.1) is 0 Å². The normalized spacial score (nSPS) is 10.4. The van der Waals surface area contributed by atoms with E-state index < -0.39 is 0 Å². The number of ether oxygens (including phenoxy) is 1. The Morgan fingerprint density at radius 3 is 2.73 bits per heavy atom. The van der Waals surface area contributed by atoms with Crippen LogP contribution >= 0.6 is 11.3 Å². The van der Waals surface area contributed by atoms with Gasteiger partial charge in [0.05, 0.1) is 12.0 Å². The van der Waals surface area contributed by atoms with Crippen LogP contribution in [0.2, 0.25) is 0 Å². The summed E-state index contributed by atoms with van der Waals surface area (Å²) in [5.41, 5.74) is 1.09. The predicted octanol–water partition coefficient (Wildman–Crippen LogP) is 2.67. The molecule has 134 valence electrons. The average Bonchev–Trinajstić information content (AvgIpc) is 3.30. The summed E-state index contributed by atoms with van der Waals surface area (Å²) in [4.78, 5) is 25.1. The van der Waals surface area contributed by atoms with E-state index in [0.717, 1.165) is 5.56 Å². The molecule has 7 nitrogen and oxygen atoms in total. The molecule has 0 atom stereocenters. The van der Waals surface area contributed by atoms with Crippen molar-refractivity contribution < 1.29 is 14.3 Å². The van der Waals surface area contributed by atoms with E-state index in [1.54, 1.807) is 32.4 Å². The van der Waals surface area contributed by atoms with E-state index in [1.807, 2.05) is 29.6 Å². The number of nitrogens with zero attached hydrogens (tertiary/aromatic N) is 2. The smallest absolute Gasteiger partial charge is 0.272 e. The van der Waals surface area contributed by atoms with E-state index in [4.69, 9.17) is 4.74 Å². The van der Waals surface area contributed by atoms with Crippen LogP contribution < -0.4 is 15.4 Å². The molecule has 0 saturated carbocycles. The van der Waals surface area contributed by atoms with Crippen molar-refractivity contribution in [3.8, 4) is 5.75 Å². The highest BCUT2D eigenvalue weighted by atomic mass is 32.1. The van der Waals surface area contributed by atoms with Crippen molar-refractivity contribution in [3.05, 3.63) is 64.0 Å². The van der Waals surface area contributed by atoms with Gasteiger partial charge in [0.2, 0.25) is 0 Å². The van der Waals surface area contributed by atoms with Gasteiger partial charge in [0, 0.05) is 25.2 Å². The van der Waals surface area contributed by atoms with Crippen LogP contribution in [0.15, 0.2) is 47.8 Å². The van der Waals surface area contributed by atoms with Crippen LogP contribution in [0.3, 0.4) is 0 Å². The van der Waals surface area contributed by atoms with Gasteiger partial charge < -0.3 is 15.4 Å². The third-order valence-corrected chi connectivity index (χ3v) is 4.60. The number of carbonyl (C=O) groups is 2. The molecule has 2 aromatic heterocycles. The number of para-hydroxylation sites is 1. The van der Waals surface area contributed by atoms with E-state index >= 15 is 0 Å². The standard InChI is InChI=1S/C18H18N4O3S/c1-22-16(20-18(24)15-8-5-9-26-15)10-13(21-22)17(23)19-11-12-6-3-4-7-14(12)25-2/h3-10H,11H2,1-2H3,(H,19,23)(H,20,24). The average molecular weight is 370 g/mol. The molecule has 0 aliphatic rings. The summed E-state index contributed by atoms with van der Waals surface area (Å²) in [6.45, 7) is 0.316. The van der Waals surface area contributed by atoms with Gasteiger partial charge >= 0.3 is 0 Å². The molecule has 0 saturated heterocycles. The largest absolute Gasteiger partial charge is 0.496 e. The second-order valence-corrected chi connectivity index (χ2v) is 6.41. The monoisotopic (exact) mass is 370 g/mol. The predicted molar refractivity (Wildman–Crippen MR) is 99.6 cm³/mol. The number of aromatic nitrogens is 2. The summed E-state index contributed by atoms with van der Waals surface area (Å²) >= 11 is 1.35. The first-order valence-electron chi connectivity index (χ1n) is 7.87. The molecule has 0 aliphatic carbocycles. The molecule has 0 bridgehead atoms.